The first-order valence-corrected chi connectivity index (χ1v) is 11.9. The molecule has 0 aliphatic heterocycles. The highest BCUT2D eigenvalue weighted by Crippen LogP contribution is 2.44. The van der Waals surface area contributed by atoms with Gasteiger partial charge in [-0.3, -0.25) is 4.79 Å². The SMILES string of the molecule is CCCC(NC(=O)OCC1c2ccccc2-c2ccccc21)C(=O)NC(CC(C)(C)OC)C(=O)O. The second kappa shape index (κ2) is 11.4. The molecule has 1 aliphatic rings. The van der Waals surface area contributed by atoms with Crippen LogP contribution in [0, 0.1) is 0 Å². The molecule has 1 aliphatic carbocycles. The summed E-state index contributed by atoms with van der Waals surface area (Å²) in [6.45, 7) is 5.49. The van der Waals surface area contributed by atoms with Crippen LogP contribution in [-0.2, 0) is 19.1 Å². The lowest BCUT2D eigenvalue weighted by Gasteiger charge is -2.28. The Balaban J connectivity index is 1.64. The monoisotopic (exact) mass is 482 g/mol. The van der Waals surface area contributed by atoms with Crippen molar-refractivity contribution in [1.82, 2.24) is 10.6 Å². The number of nitrogens with one attached hydrogen (secondary N) is 2. The molecule has 3 N–H and O–H groups in total. The summed E-state index contributed by atoms with van der Waals surface area (Å²) in [4.78, 5) is 37.2. The van der Waals surface area contributed by atoms with E-state index >= 15 is 0 Å². The Hall–Kier alpha value is -3.39. The van der Waals surface area contributed by atoms with Gasteiger partial charge in [-0.1, -0.05) is 61.9 Å². The summed E-state index contributed by atoms with van der Waals surface area (Å²) >= 11 is 0. The van der Waals surface area contributed by atoms with E-state index < -0.39 is 35.7 Å². The van der Waals surface area contributed by atoms with Crippen molar-refractivity contribution in [1.29, 1.82) is 0 Å². The number of methoxy groups -OCH3 is 1. The highest BCUT2D eigenvalue weighted by atomic mass is 16.5. The lowest BCUT2D eigenvalue weighted by atomic mass is 9.98. The number of ether oxygens (including phenoxy) is 2. The van der Waals surface area contributed by atoms with Crippen LogP contribution < -0.4 is 10.6 Å². The van der Waals surface area contributed by atoms with Crippen LogP contribution >= 0.6 is 0 Å². The van der Waals surface area contributed by atoms with Crippen molar-refractivity contribution in [2.24, 2.45) is 0 Å². The van der Waals surface area contributed by atoms with Gasteiger partial charge >= 0.3 is 12.1 Å². The van der Waals surface area contributed by atoms with Gasteiger partial charge in [0.2, 0.25) is 5.91 Å². The summed E-state index contributed by atoms with van der Waals surface area (Å²) in [5, 5.41) is 14.7. The van der Waals surface area contributed by atoms with Crippen molar-refractivity contribution >= 4 is 18.0 Å². The third-order valence-corrected chi connectivity index (χ3v) is 6.39. The molecular weight excluding hydrogens is 448 g/mol. The van der Waals surface area contributed by atoms with Crippen molar-refractivity contribution in [2.45, 2.75) is 63.6 Å². The van der Waals surface area contributed by atoms with Crippen LogP contribution in [0.4, 0.5) is 4.79 Å². The number of carboxylic acid groups (broad SMARTS) is 1. The number of carbonyl (C=O) groups excluding carboxylic acids is 2. The minimum atomic E-state index is -1.17. The third-order valence-electron chi connectivity index (χ3n) is 6.39. The molecule has 35 heavy (non-hydrogen) atoms. The third kappa shape index (κ3) is 6.39. The highest BCUT2D eigenvalue weighted by Gasteiger charge is 2.32. The lowest BCUT2D eigenvalue weighted by Crippen LogP contribution is -2.53. The molecule has 0 radical (unpaired) electrons. The van der Waals surface area contributed by atoms with Gasteiger partial charge in [-0.15, -0.1) is 0 Å². The summed E-state index contributed by atoms with van der Waals surface area (Å²) in [6, 6.07) is 14.0. The number of aliphatic carboxylic acids is 1. The van der Waals surface area contributed by atoms with E-state index in [0.717, 1.165) is 22.3 Å². The summed E-state index contributed by atoms with van der Waals surface area (Å²) in [5.41, 5.74) is 3.69. The van der Waals surface area contributed by atoms with Gasteiger partial charge in [0.1, 0.15) is 18.7 Å². The number of carbonyl (C=O) groups is 3. The fraction of sp³-hybridized carbons (Fsp3) is 0.444. The molecule has 0 heterocycles. The van der Waals surface area contributed by atoms with Crippen molar-refractivity contribution in [2.75, 3.05) is 13.7 Å². The molecule has 2 aromatic rings. The van der Waals surface area contributed by atoms with Gasteiger partial charge in [-0.2, -0.15) is 0 Å². The fourth-order valence-corrected chi connectivity index (χ4v) is 4.39. The molecule has 0 aromatic heterocycles. The first-order chi connectivity index (χ1) is 16.7. The smallest absolute Gasteiger partial charge is 0.407 e. The van der Waals surface area contributed by atoms with E-state index in [1.807, 2.05) is 43.3 Å². The Morgan fingerprint density at radius 2 is 1.54 bits per heavy atom. The Morgan fingerprint density at radius 3 is 2.06 bits per heavy atom. The predicted molar refractivity (Wildman–Crippen MR) is 132 cm³/mol. The van der Waals surface area contributed by atoms with Gasteiger partial charge in [0.25, 0.3) is 0 Å². The maximum Gasteiger partial charge on any atom is 0.407 e. The second-order valence-corrected chi connectivity index (χ2v) is 9.38. The first-order valence-electron chi connectivity index (χ1n) is 11.9. The highest BCUT2D eigenvalue weighted by molar-refractivity contribution is 5.89. The summed E-state index contributed by atoms with van der Waals surface area (Å²) in [5.74, 6) is -1.83. The van der Waals surface area contributed by atoms with E-state index in [-0.39, 0.29) is 18.9 Å². The Bertz CT molecular complexity index is 1020. The van der Waals surface area contributed by atoms with Crippen LogP contribution in [0.5, 0.6) is 0 Å². The molecule has 8 nitrogen and oxygen atoms in total. The summed E-state index contributed by atoms with van der Waals surface area (Å²) in [6.07, 6.45) is 0.317. The van der Waals surface area contributed by atoms with Gasteiger partial charge in [0.15, 0.2) is 0 Å². The molecule has 3 rings (SSSR count). The molecule has 2 amide bonds. The van der Waals surface area contributed by atoms with E-state index in [1.165, 1.54) is 7.11 Å². The summed E-state index contributed by atoms with van der Waals surface area (Å²) < 4.78 is 10.8. The van der Waals surface area contributed by atoms with Crippen LogP contribution in [0.2, 0.25) is 0 Å². The van der Waals surface area contributed by atoms with Crippen LogP contribution in [-0.4, -0.2) is 54.5 Å². The minimum Gasteiger partial charge on any atom is -0.480 e. The van der Waals surface area contributed by atoms with E-state index in [4.69, 9.17) is 9.47 Å². The average molecular weight is 483 g/mol. The molecule has 8 heteroatoms. The number of benzene rings is 2. The van der Waals surface area contributed by atoms with Crippen LogP contribution in [0.3, 0.4) is 0 Å². The predicted octanol–water partition coefficient (Wildman–Crippen LogP) is 4.08. The quantitative estimate of drug-likeness (QED) is 0.445. The summed E-state index contributed by atoms with van der Waals surface area (Å²) in [7, 11) is 1.49. The number of hydrogen-bond donors (Lipinski definition) is 3. The van der Waals surface area contributed by atoms with E-state index in [2.05, 4.69) is 22.8 Å². The van der Waals surface area contributed by atoms with Crippen LogP contribution in [0.1, 0.15) is 57.1 Å². The lowest BCUT2D eigenvalue weighted by molar-refractivity contribution is -0.144. The van der Waals surface area contributed by atoms with Crippen LogP contribution in [0.25, 0.3) is 11.1 Å². The molecule has 2 aromatic carbocycles. The van der Waals surface area contributed by atoms with E-state index in [9.17, 15) is 19.5 Å². The molecular formula is C27H34N2O6. The van der Waals surface area contributed by atoms with Gasteiger partial charge < -0.3 is 25.2 Å². The number of rotatable bonds is 11. The van der Waals surface area contributed by atoms with Crippen molar-refractivity contribution in [3.63, 3.8) is 0 Å². The van der Waals surface area contributed by atoms with Crippen molar-refractivity contribution in [3.05, 3.63) is 59.7 Å². The number of alkyl carbamates (subject to hydrolysis) is 1. The number of fused-ring (bicyclic) bond motifs is 3. The Kier molecular flexibility index (Phi) is 8.51. The van der Waals surface area contributed by atoms with Crippen molar-refractivity contribution < 1.29 is 29.0 Å². The normalized spacial score (nSPS) is 14.4. The molecule has 0 bridgehead atoms. The number of hydrogen-bond acceptors (Lipinski definition) is 5. The zero-order valence-electron chi connectivity index (χ0n) is 20.7. The molecule has 2 atom stereocenters. The molecule has 2 unspecified atom stereocenters. The Labute approximate surface area is 206 Å². The number of amides is 2. The molecule has 0 spiro atoms. The molecule has 0 saturated heterocycles. The maximum atomic E-state index is 12.9. The van der Waals surface area contributed by atoms with Gasteiger partial charge in [0.05, 0.1) is 5.60 Å². The minimum absolute atomic E-state index is 0.0777. The van der Waals surface area contributed by atoms with Gasteiger partial charge in [0, 0.05) is 19.4 Å². The average Bonchev–Trinajstić information content (AvgIpc) is 3.15. The largest absolute Gasteiger partial charge is 0.480 e. The van der Waals surface area contributed by atoms with Gasteiger partial charge in [-0.05, 0) is 42.5 Å². The molecule has 0 fully saturated rings. The van der Waals surface area contributed by atoms with E-state index in [1.54, 1.807) is 13.8 Å². The first kappa shape index (κ1) is 26.2. The molecule has 0 saturated carbocycles. The zero-order valence-corrected chi connectivity index (χ0v) is 20.7. The fourth-order valence-electron chi connectivity index (χ4n) is 4.39. The van der Waals surface area contributed by atoms with E-state index in [0.29, 0.717) is 12.8 Å². The van der Waals surface area contributed by atoms with Crippen molar-refractivity contribution in [3.8, 4) is 11.1 Å². The van der Waals surface area contributed by atoms with Gasteiger partial charge in [-0.25, -0.2) is 9.59 Å². The van der Waals surface area contributed by atoms with Crippen LogP contribution in [0.15, 0.2) is 48.5 Å². The standard InChI is InChI=1S/C27H34N2O6/c1-5-10-22(24(30)28-23(25(31)32)15-27(2,3)34-4)29-26(33)35-16-21-19-13-8-6-11-17(19)18-12-7-9-14-20(18)21/h6-9,11-14,21-23H,5,10,15-16H2,1-4H3,(H,28,30)(H,29,33)(H,31,32). The molecule has 188 valence electrons. The Morgan fingerprint density at radius 1 is 0.971 bits per heavy atom. The number of carboxylic acids is 1. The second-order valence-electron chi connectivity index (χ2n) is 9.38. The maximum absolute atomic E-state index is 12.9. The zero-order chi connectivity index (χ0) is 25.6. The topological polar surface area (TPSA) is 114 Å².